The zero-order valence-corrected chi connectivity index (χ0v) is 12.5. The summed E-state index contributed by atoms with van der Waals surface area (Å²) < 4.78 is 6.11. The van der Waals surface area contributed by atoms with Crippen molar-refractivity contribution in [3.05, 3.63) is 59.2 Å². The summed E-state index contributed by atoms with van der Waals surface area (Å²) in [5, 5.41) is 0. The second-order valence-electron chi connectivity index (χ2n) is 5.34. The molecular formula is C18H23NO. The summed E-state index contributed by atoms with van der Waals surface area (Å²) in [6.45, 7) is 6.23. The lowest BCUT2D eigenvalue weighted by Crippen LogP contribution is -2.17. The zero-order valence-electron chi connectivity index (χ0n) is 12.5. The minimum absolute atomic E-state index is 0.161. The van der Waals surface area contributed by atoms with Gasteiger partial charge in [0.2, 0.25) is 0 Å². The third kappa shape index (κ3) is 3.61. The van der Waals surface area contributed by atoms with Crippen molar-refractivity contribution in [3.8, 4) is 11.5 Å². The van der Waals surface area contributed by atoms with Gasteiger partial charge in [0.15, 0.2) is 0 Å². The standard InChI is InChI=1S/C18H23NO/c1-4-16-7-5-6-8-17(16)20-18-12-15(11-14(3)19)10-9-13(18)2/h5-10,12,14H,4,11,19H2,1-3H3. The van der Waals surface area contributed by atoms with Crippen molar-refractivity contribution in [3.63, 3.8) is 0 Å². The fourth-order valence-corrected chi connectivity index (χ4v) is 2.27. The topological polar surface area (TPSA) is 35.2 Å². The molecule has 2 N–H and O–H groups in total. The van der Waals surface area contributed by atoms with Crippen molar-refractivity contribution >= 4 is 0 Å². The molecule has 0 aliphatic carbocycles. The molecule has 2 aromatic rings. The highest BCUT2D eigenvalue weighted by molar-refractivity contribution is 5.43. The van der Waals surface area contributed by atoms with Gasteiger partial charge in [0.05, 0.1) is 0 Å². The fourth-order valence-electron chi connectivity index (χ4n) is 2.27. The van der Waals surface area contributed by atoms with Gasteiger partial charge in [-0.2, -0.15) is 0 Å². The molecule has 0 aliphatic heterocycles. The summed E-state index contributed by atoms with van der Waals surface area (Å²) in [6, 6.07) is 14.7. The molecule has 0 fully saturated rings. The van der Waals surface area contributed by atoms with Gasteiger partial charge in [0.25, 0.3) is 0 Å². The first-order valence-corrected chi connectivity index (χ1v) is 7.21. The number of aryl methyl sites for hydroxylation is 2. The van der Waals surface area contributed by atoms with Crippen LogP contribution in [0.2, 0.25) is 0 Å². The average molecular weight is 269 g/mol. The van der Waals surface area contributed by atoms with Gasteiger partial charge in [-0.25, -0.2) is 0 Å². The lowest BCUT2D eigenvalue weighted by atomic mass is 10.1. The van der Waals surface area contributed by atoms with E-state index in [1.54, 1.807) is 0 Å². The van der Waals surface area contributed by atoms with E-state index in [9.17, 15) is 0 Å². The van der Waals surface area contributed by atoms with Crippen LogP contribution in [0.25, 0.3) is 0 Å². The third-order valence-electron chi connectivity index (χ3n) is 3.38. The predicted octanol–water partition coefficient (Wildman–Crippen LogP) is 4.24. The van der Waals surface area contributed by atoms with Crippen LogP contribution in [0, 0.1) is 6.92 Å². The van der Waals surface area contributed by atoms with Crippen LogP contribution < -0.4 is 10.5 Å². The molecule has 2 aromatic carbocycles. The molecule has 2 rings (SSSR count). The molecule has 0 aliphatic rings. The van der Waals surface area contributed by atoms with Gasteiger partial charge in [0, 0.05) is 6.04 Å². The van der Waals surface area contributed by atoms with E-state index in [1.165, 1.54) is 11.1 Å². The fraction of sp³-hybridized carbons (Fsp3) is 0.333. The Labute approximate surface area is 121 Å². The molecule has 0 saturated carbocycles. The first-order valence-electron chi connectivity index (χ1n) is 7.21. The van der Waals surface area contributed by atoms with Crippen LogP contribution in [0.1, 0.15) is 30.5 Å². The van der Waals surface area contributed by atoms with Gasteiger partial charge in [-0.3, -0.25) is 0 Å². The number of hydrogen-bond donors (Lipinski definition) is 1. The van der Waals surface area contributed by atoms with Crippen LogP contribution in [0.3, 0.4) is 0 Å². The van der Waals surface area contributed by atoms with Gasteiger partial charge in [-0.15, -0.1) is 0 Å². The highest BCUT2D eigenvalue weighted by Crippen LogP contribution is 2.29. The Bertz CT molecular complexity index is 575. The van der Waals surface area contributed by atoms with E-state index < -0.39 is 0 Å². The summed E-state index contributed by atoms with van der Waals surface area (Å²) in [6.07, 6.45) is 1.83. The second-order valence-corrected chi connectivity index (χ2v) is 5.34. The molecule has 2 nitrogen and oxygen atoms in total. The van der Waals surface area contributed by atoms with Crippen LogP contribution in [-0.2, 0) is 12.8 Å². The first kappa shape index (κ1) is 14.6. The number of hydrogen-bond acceptors (Lipinski definition) is 2. The summed E-state index contributed by atoms with van der Waals surface area (Å²) in [4.78, 5) is 0. The van der Waals surface area contributed by atoms with Crippen molar-refractivity contribution in [2.24, 2.45) is 5.73 Å². The van der Waals surface area contributed by atoms with E-state index in [0.717, 1.165) is 29.9 Å². The Hall–Kier alpha value is -1.80. The van der Waals surface area contributed by atoms with Crippen molar-refractivity contribution in [1.82, 2.24) is 0 Å². The third-order valence-corrected chi connectivity index (χ3v) is 3.38. The van der Waals surface area contributed by atoms with Crippen LogP contribution in [0.15, 0.2) is 42.5 Å². The van der Waals surface area contributed by atoms with Gasteiger partial charge >= 0.3 is 0 Å². The van der Waals surface area contributed by atoms with E-state index in [-0.39, 0.29) is 6.04 Å². The number of nitrogens with two attached hydrogens (primary N) is 1. The van der Waals surface area contributed by atoms with Crippen LogP contribution in [0.4, 0.5) is 0 Å². The van der Waals surface area contributed by atoms with Gasteiger partial charge in [-0.05, 0) is 55.5 Å². The lowest BCUT2D eigenvalue weighted by molar-refractivity contribution is 0.472. The Morgan fingerprint density at radius 2 is 1.85 bits per heavy atom. The maximum absolute atomic E-state index is 6.11. The molecule has 20 heavy (non-hydrogen) atoms. The molecular weight excluding hydrogens is 246 g/mol. The Morgan fingerprint density at radius 3 is 2.55 bits per heavy atom. The van der Waals surface area contributed by atoms with Gasteiger partial charge < -0.3 is 10.5 Å². The first-order chi connectivity index (χ1) is 9.60. The number of ether oxygens (including phenoxy) is 1. The lowest BCUT2D eigenvalue weighted by Gasteiger charge is -2.14. The minimum Gasteiger partial charge on any atom is -0.457 e. The normalized spacial score (nSPS) is 12.2. The highest BCUT2D eigenvalue weighted by atomic mass is 16.5. The summed E-state index contributed by atoms with van der Waals surface area (Å²) in [5.74, 6) is 1.86. The molecule has 0 heterocycles. The second kappa shape index (κ2) is 6.58. The Balaban J connectivity index is 2.28. The van der Waals surface area contributed by atoms with Crippen molar-refractivity contribution in [1.29, 1.82) is 0 Å². The Morgan fingerprint density at radius 1 is 1.10 bits per heavy atom. The molecule has 2 heteroatoms. The van der Waals surface area contributed by atoms with E-state index in [1.807, 2.05) is 25.1 Å². The summed E-state index contributed by atoms with van der Waals surface area (Å²) in [5.41, 5.74) is 9.46. The molecule has 1 atom stereocenters. The van der Waals surface area contributed by atoms with Crippen LogP contribution >= 0.6 is 0 Å². The van der Waals surface area contributed by atoms with Gasteiger partial charge in [-0.1, -0.05) is 37.3 Å². The number of benzene rings is 2. The number of para-hydroxylation sites is 1. The van der Waals surface area contributed by atoms with E-state index in [2.05, 4.69) is 38.1 Å². The average Bonchev–Trinajstić information content (AvgIpc) is 2.42. The molecule has 0 radical (unpaired) electrons. The van der Waals surface area contributed by atoms with E-state index in [4.69, 9.17) is 10.5 Å². The smallest absolute Gasteiger partial charge is 0.130 e. The molecule has 0 bridgehead atoms. The Kier molecular flexibility index (Phi) is 4.80. The molecule has 1 unspecified atom stereocenters. The van der Waals surface area contributed by atoms with E-state index in [0.29, 0.717) is 0 Å². The largest absolute Gasteiger partial charge is 0.457 e. The molecule has 0 saturated heterocycles. The highest BCUT2D eigenvalue weighted by Gasteiger charge is 2.07. The quantitative estimate of drug-likeness (QED) is 0.881. The van der Waals surface area contributed by atoms with E-state index >= 15 is 0 Å². The SMILES string of the molecule is CCc1ccccc1Oc1cc(CC(C)N)ccc1C. The van der Waals surface area contributed by atoms with Crippen LogP contribution in [-0.4, -0.2) is 6.04 Å². The van der Waals surface area contributed by atoms with Crippen molar-refractivity contribution in [2.45, 2.75) is 39.7 Å². The maximum Gasteiger partial charge on any atom is 0.130 e. The number of rotatable bonds is 5. The minimum atomic E-state index is 0.161. The molecule has 0 spiro atoms. The summed E-state index contributed by atoms with van der Waals surface area (Å²) >= 11 is 0. The van der Waals surface area contributed by atoms with Crippen molar-refractivity contribution < 1.29 is 4.74 Å². The summed E-state index contributed by atoms with van der Waals surface area (Å²) in [7, 11) is 0. The monoisotopic (exact) mass is 269 g/mol. The zero-order chi connectivity index (χ0) is 14.5. The molecule has 0 aromatic heterocycles. The molecule has 106 valence electrons. The maximum atomic E-state index is 6.11. The predicted molar refractivity (Wildman–Crippen MR) is 84.4 cm³/mol. The molecule has 0 amide bonds. The van der Waals surface area contributed by atoms with Gasteiger partial charge in [0.1, 0.15) is 11.5 Å². The van der Waals surface area contributed by atoms with Crippen molar-refractivity contribution in [2.75, 3.05) is 0 Å². The van der Waals surface area contributed by atoms with Crippen LogP contribution in [0.5, 0.6) is 11.5 Å².